The number of rotatable bonds is 7. The lowest BCUT2D eigenvalue weighted by molar-refractivity contribution is 0.0614. The molecule has 3 heteroatoms. The van der Waals surface area contributed by atoms with E-state index in [0.717, 1.165) is 31.4 Å². The highest BCUT2D eigenvalue weighted by atomic mass is 32.2. The fourth-order valence-electron chi connectivity index (χ4n) is 2.60. The summed E-state index contributed by atoms with van der Waals surface area (Å²) in [5.74, 6) is 2.00. The molecule has 1 N–H and O–H groups in total. The Balaban J connectivity index is 1.78. The first kappa shape index (κ1) is 14.9. The second-order valence-corrected chi connectivity index (χ2v) is 6.26. The van der Waals surface area contributed by atoms with Gasteiger partial charge in [0.05, 0.1) is 0 Å². The molecule has 19 heavy (non-hydrogen) atoms. The molecule has 1 unspecified atom stereocenters. The highest BCUT2D eigenvalue weighted by Crippen LogP contribution is 2.24. The minimum atomic E-state index is 0.623. The number of ether oxygens (including phenoxy) is 1. The molecule has 2 nitrogen and oxygen atoms in total. The van der Waals surface area contributed by atoms with E-state index in [1.54, 1.807) is 0 Å². The Morgan fingerprint density at radius 1 is 1.26 bits per heavy atom. The molecule has 1 aromatic carbocycles. The number of nitrogens with one attached hydrogen (secondary N) is 1. The SMILES string of the molecule is CCNC(CSc1ccccc1)CC1CCOCC1. The molecule has 0 radical (unpaired) electrons. The average Bonchev–Trinajstić information content (AvgIpc) is 2.47. The van der Waals surface area contributed by atoms with Crippen LogP contribution >= 0.6 is 11.8 Å². The largest absolute Gasteiger partial charge is 0.381 e. The van der Waals surface area contributed by atoms with Gasteiger partial charge in [-0.2, -0.15) is 0 Å². The van der Waals surface area contributed by atoms with Gasteiger partial charge in [-0.3, -0.25) is 0 Å². The van der Waals surface area contributed by atoms with Crippen molar-refractivity contribution in [2.75, 3.05) is 25.5 Å². The first-order valence-electron chi connectivity index (χ1n) is 7.37. The van der Waals surface area contributed by atoms with Crippen LogP contribution in [0.25, 0.3) is 0 Å². The van der Waals surface area contributed by atoms with Crippen LogP contribution in [0, 0.1) is 5.92 Å². The molecule has 2 rings (SSSR count). The zero-order valence-corrected chi connectivity index (χ0v) is 12.6. The van der Waals surface area contributed by atoms with Crippen molar-refractivity contribution in [1.82, 2.24) is 5.32 Å². The van der Waals surface area contributed by atoms with Crippen molar-refractivity contribution < 1.29 is 4.74 Å². The van der Waals surface area contributed by atoms with Gasteiger partial charge in [-0.1, -0.05) is 25.1 Å². The molecule has 1 heterocycles. The molecule has 1 atom stereocenters. The summed E-state index contributed by atoms with van der Waals surface area (Å²) in [7, 11) is 0. The zero-order valence-electron chi connectivity index (χ0n) is 11.8. The van der Waals surface area contributed by atoms with Crippen LogP contribution in [0.5, 0.6) is 0 Å². The third-order valence-corrected chi connectivity index (χ3v) is 4.82. The Kier molecular flexibility index (Phi) is 6.75. The van der Waals surface area contributed by atoms with Crippen LogP contribution < -0.4 is 5.32 Å². The molecule has 106 valence electrons. The molecule has 0 bridgehead atoms. The van der Waals surface area contributed by atoms with E-state index >= 15 is 0 Å². The maximum Gasteiger partial charge on any atom is 0.0468 e. The van der Waals surface area contributed by atoms with Crippen molar-refractivity contribution >= 4 is 11.8 Å². The fourth-order valence-corrected chi connectivity index (χ4v) is 3.59. The van der Waals surface area contributed by atoms with Gasteiger partial charge in [0.1, 0.15) is 0 Å². The lowest BCUT2D eigenvalue weighted by Gasteiger charge is -2.27. The number of hydrogen-bond acceptors (Lipinski definition) is 3. The van der Waals surface area contributed by atoms with Gasteiger partial charge >= 0.3 is 0 Å². The number of hydrogen-bond donors (Lipinski definition) is 1. The van der Waals surface area contributed by atoms with Crippen LogP contribution in [0.2, 0.25) is 0 Å². The number of benzene rings is 1. The van der Waals surface area contributed by atoms with Gasteiger partial charge in [0, 0.05) is 29.9 Å². The van der Waals surface area contributed by atoms with Gasteiger partial charge < -0.3 is 10.1 Å². The summed E-state index contributed by atoms with van der Waals surface area (Å²) in [5.41, 5.74) is 0. The standard InChI is InChI=1S/C16H25NOS/c1-2-17-15(12-14-8-10-18-11-9-14)13-19-16-6-4-3-5-7-16/h3-7,14-15,17H,2,8-13H2,1H3. The Bertz CT molecular complexity index is 338. The minimum Gasteiger partial charge on any atom is -0.381 e. The summed E-state index contributed by atoms with van der Waals surface area (Å²) < 4.78 is 5.44. The van der Waals surface area contributed by atoms with E-state index in [-0.39, 0.29) is 0 Å². The van der Waals surface area contributed by atoms with Crippen LogP contribution in [0.1, 0.15) is 26.2 Å². The fraction of sp³-hybridized carbons (Fsp3) is 0.625. The Morgan fingerprint density at radius 2 is 2.00 bits per heavy atom. The zero-order chi connectivity index (χ0) is 13.3. The molecule has 0 spiro atoms. The van der Waals surface area contributed by atoms with Crippen molar-refractivity contribution in [3.63, 3.8) is 0 Å². The first-order chi connectivity index (χ1) is 9.38. The van der Waals surface area contributed by atoms with Crippen LogP contribution in [-0.2, 0) is 4.74 Å². The second-order valence-electron chi connectivity index (χ2n) is 5.17. The normalized spacial score (nSPS) is 18.4. The Labute approximate surface area is 121 Å². The predicted octanol–water partition coefficient (Wildman–Crippen LogP) is 3.57. The van der Waals surface area contributed by atoms with Crippen LogP contribution in [-0.4, -0.2) is 31.6 Å². The van der Waals surface area contributed by atoms with Gasteiger partial charge in [-0.15, -0.1) is 11.8 Å². The molecule has 0 aromatic heterocycles. The summed E-state index contributed by atoms with van der Waals surface area (Å²) in [5, 5.41) is 3.64. The molecule has 1 aliphatic rings. The number of thioether (sulfide) groups is 1. The van der Waals surface area contributed by atoms with Crippen molar-refractivity contribution in [2.45, 2.75) is 37.1 Å². The molecule has 0 saturated carbocycles. The summed E-state index contributed by atoms with van der Waals surface area (Å²) in [6.45, 7) is 5.16. The third-order valence-electron chi connectivity index (χ3n) is 3.65. The molecule has 0 aliphatic carbocycles. The monoisotopic (exact) mass is 279 g/mol. The van der Waals surface area contributed by atoms with Gasteiger partial charge in [0.2, 0.25) is 0 Å². The van der Waals surface area contributed by atoms with Crippen molar-refractivity contribution in [3.05, 3.63) is 30.3 Å². The smallest absolute Gasteiger partial charge is 0.0468 e. The summed E-state index contributed by atoms with van der Waals surface area (Å²) in [6, 6.07) is 11.3. The van der Waals surface area contributed by atoms with E-state index in [1.165, 1.54) is 24.2 Å². The van der Waals surface area contributed by atoms with Gasteiger partial charge in [0.15, 0.2) is 0 Å². The maximum atomic E-state index is 5.44. The lowest BCUT2D eigenvalue weighted by atomic mass is 9.93. The van der Waals surface area contributed by atoms with E-state index in [4.69, 9.17) is 4.74 Å². The highest BCUT2D eigenvalue weighted by molar-refractivity contribution is 7.99. The quantitative estimate of drug-likeness (QED) is 0.771. The lowest BCUT2D eigenvalue weighted by Crippen LogP contribution is -2.34. The van der Waals surface area contributed by atoms with E-state index in [0.29, 0.717) is 6.04 Å². The molecule has 0 amide bonds. The second kappa shape index (κ2) is 8.62. The van der Waals surface area contributed by atoms with Crippen LogP contribution in [0.4, 0.5) is 0 Å². The molecule has 1 fully saturated rings. The molecule has 1 aromatic rings. The molecule has 1 saturated heterocycles. The van der Waals surface area contributed by atoms with Crippen LogP contribution in [0.3, 0.4) is 0 Å². The summed E-state index contributed by atoms with van der Waals surface area (Å²) in [6.07, 6.45) is 3.76. The minimum absolute atomic E-state index is 0.623. The average molecular weight is 279 g/mol. The highest BCUT2D eigenvalue weighted by Gasteiger charge is 2.18. The first-order valence-corrected chi connectivity index (χ1v) is 8.36. The Hall–Kier alpha value is -0.510. The topological polar surface area (TPSA) is 21.3 Å². The van der Waals surface area contributed by atoms with Gasteiger partial charge in [0.25, 0.3) is 0 Å². The van der Waals surface area contributed by atoms with Gasteiger partial charge in [-0.05, 0) is 43.9 Å². The summed E-state index contributed by atoms with van der Waals surface area (Å²) in [4.78, 5) is 1.37. The van der Waals surface area contributed by atoms with Crippen molar-refractivity contribution in [2.24, 2.45) is 5.92 Å². The predicted molar refractivity (Wildman–Crippen MR) is 82.8 cm³/mol. The van der Waals surface area contributed by atoms with E-state index < -0.39 is 0 Å². The molecular formula is C16H25NOS. The van der Waals surface area contributed by atoms with E-state index in [2.05, 4.69) is 42.6 Å². The van der Waals surface area contributed by atoms with Crippen molar-refractivity contribution in [1.29, 1.82) is 0 Å². The van der Waals surface area contributed by atoms with E-state index in [1.807, 2.05) is 11.8 Å². The van der Waals surface area contributed by atoms with Crippen molar-refractivity contribution in [3.8, 4) is 0 Å². The third kappa shape index (κ3) is 5.55. The molecular weight excluding hydrogens is 254 g/mol. The Morgan fingerprint density at radius 3 is 2.68 bits per heavy atom. The maximum absolute atomic E-state index is 5.44. The van der Waals surface area contributed by atoms with Crippen LogP contribution in [0.15, 0.2) is 35.2 Å². The van der Waals surface area contributed by atoms with Gasteiger partial charge in [-0.25, -0.2) is 0 Å². The molecule has 1 aliphatic heterocycles. The van der Waals surface area contributed by atoms with E-state index in [9.17, 15) is 0 Å². The summed E-state index contributed by atoms with van der Waals surface area (Å²) >= 11 is 1.96.